The van der Waals surface area contributed by atoms with E-state index in [9.17, 15) is 23.2 Å². The van der Waals surface area contributed by atoms with Crippen LogP contribution in [-0.4, -0.2) is 24.5 Å². The van der Waals surface area contributed by atoms with E-state index >= 15 is 0 Å². The third-order valence-electron chi connectivity index (χ3n) is 6.04. The molecule has 1 saturated heterocycles. The van der Waals surface area contributed by atoms with Crippen molar-refractivity contribution in [2.45, 2.75) is 25.0 Å². The van der Waals surface area contributed by atoms with Crippen molar-refractivity contribution in [1.82, 2.24) is 0 Å². The number of β-lactam (4-membered cyclic amide) rings is 1. The summed E-state index contributed by atoms with van der Waals surface area (Å²) in [4.78, 5) is 14.7. The lowest BCUT2D eigenvalue weighted by Gasteiger charge is -2.48. The fourth-order valence-corrected chi connectivity index (χ4v) is 5.00. The SMILES string of the molecule is COC[PH](=O)Oc1ccc([C@@H]2[C@@H](CC[C@H](O)c3ccc(F)cc3)C(=O)N2c2ccc(F)cc2)cc1. The summed E-state index contributed by atoms with van der Waals surface area (Å²) < 4.78 is 48.7. The fourth-order valence-electron chi connectivity index (χ4n) is 4.30. The van der Waals surface area contributed by atoms with Crippen LogP contribution in [0.5, 0.6) is 5.75 Å². The highest BCUT2D eigenvalue weighted by Crippen LogP contribution is 2.46. The average Bonchev–Trinajstić information content (AvgIpc) is 2.85. The summed E-state index contributed by atoms with van der Waals surface area (Å²) in [5, 5.41) is 10.6. The van der Waals surface area contributed by atoms with E-state index in [1.54, 1.807) is 41.3 Å². The highest BCUT2D eigenvalue weighted by molar-refractivity contribution is 7.39. The van der Waals surface area contributed by atoms with E-state index in [4.69, 9.17) is 9.26 Å². The van der Waals surface area contributed by atoms with Crippen LogP contribution in [0, 0.1) is 17.6 Å². The zero-order valence-electron chi connectivity index (χ0n) is 19.1. The molecule has 0 saturated carbocycles. The van der Waals surface area contributed by atoms with Crippen molar-refractivity contribution < 1.29 is 32.5 Å². The van der Waals surface area contributed by atoms with E-state index in [0.717, 1.165) is 5.56 Å². The molecule has 6 nitrogen and oxygen atoms in total. The number of ether oxygens (including phenoxy) is 1. The molecule has 1 amide bonds. The van der Waals surface area contributed by atoms with Crippen LogP contribution in [0.4, 0.5) is 14.5 Å². The second-order valence-corrected chi connectivity index (χ2v) is 9.59. The molecule has 1 aliphatic heterocycles. The maximum atomic E-state index is 13.5. The standard InChI is InChI=1S/C26H26F2NO5P/c1-33-16-35(32)34-22-12-4-18(5-13-22)25-23(14-15-24(30)17-2-6-19(27)7-3-17)26(31)29(25)21-10-8-20(28)9-11-21/h2-13,23-25,30,35H,14-16H2,1H3/t23-,24+,25-/m1/s1. The Balaban J connectivity index is 1.53. The number of nitrogens with zero attached hydrogens (tertiary/aromatic N) is 1. The van der Waals surface area contributed by atoms with Gasteiger partial charge < -0.3 is 19.3 Å². The third-order valence-corrected chi connectivity index (χ3v) is 7.03. The summed E-state index contributed by atoms with van der Waals surface area (Å²) in [7, 11) is -0.919. The molecule has 0 radical (unpaired) electrons. The number of rotatable bonds is 10. The van der Waals surface area contributed by atoms with Gasteiger partial charge in [-0.05, 0) is 72.5 Å². The van der Waals surface area contributed by atoms with Crippen LogP contribution < -0.4 is 9.42 Å². The summed E-state index contributed by atoms with van der Waals surface area (Å²) in [6.07, 6.45) is -0.103. The van der Waals surface area contributed by atoms with E-state index < -0.39 is 25.9 Å². The number of carbonyl (C=O) groups is 1. The van der Waals surface area contributed by atoms with Gasteiger partial charge in [0.2, 0.25) is 5.91 Å². The molecule has 1 N–H and O–H groups in total. The van der Waals surface area contributed by atoms with Crippen LogP contribution in [0.2, 0.25) is 0 Å². The van der Waals surface area contributed by atoms with E-state index in [0.29, 0.717) is 29.8 Å². The van der Waals surface area contributed by atoms with Crippen molar-refractivity contribution in [3.63, 3.8) is 0 Å². The molecule has 1 heterocycles. The predicted molar refractivity (Wildman–Crippen MR) is 129 cm³/mol. The molecule has 184 valence electrons. The van der Waals surface area contributed by atoms with Crippen LogP contribution in [0.25, 0.3) is 0 Å². The fraction of sp³-hybridized carbons (Fsp3) is 0.269. The van der Waals surface area contributed by atoms with Gasteiger partial charge in [0.25, 0.3) is 8.03 Å². The summed E-state index contributed by atoms with van der Waals surface area (Å²) in [6, 6.07) is 18.0. The number of hydrogen-bond donors (Lipinski definition) is 1. The van der Waals surface area contributed by atoms with Crippen molar-refractivity contribution in [1.29, 1.82) is 0 Å². The Morgan fingerprint density at radius 1 is 0.971 bits per heavy atom. The number of halogens is 2. The summed E-state index contributed by atoms with van der Waals surface area (Å²) in [5.74, 6) is -0.889. The lowest BCUT2D eigenvalue weighted by molar-refractivity contribution is -0.131. The molecule has 0 spiro atoms. The van der Waals surface area contributed by atoms with Crippen molar-refractivity contribution in [3.05, 3.63) is 95.6 Å². The Hall–Kier alpha value is -3.06. The van der Waals surface area contributed by atoms with Gasteiger partial charge in [-0.1, -0.05) is 24.3 Å². The summed E-state index contributed by atoms with van der Waals surface area (Å²) in [5.41, 5.74) is 1.98. The molecule has 4 rings (SSSR count). The smallest absolute Gasteiger partial charge is 0.261 e. The van der Waals surface area contributed by atoms with E-state index in [2.05, 4.69) is 0 Å². The minimum absolute atomic E-state index is 0.0142. The van der Waals surface area contributed by atoms with Crippen LogP contribution >= 0.6 is 8.03 Å². The Bertz CT molecular complexity index is 1170. The highest BCUT2D eigenvalue weighted by atomic mass is 31.1. The van der Waals surface area contributed by atoms with Crippen molar-refractivity contribution in [2.24, 2.45) is 5.92 Å². The number of benzene rings is 3. The Morgan fingerprint density at radius 2 is 1.57 bits per heavy atom. The maximum absolute atomic E-state index is 13.5. The van der Waals surface area contributed by atoms with Gasteiger partial charge in [0.1, 0.15) is 23.7 Å². The van der Waals surface area contributed by atoms with Gasteiger partial charge in [-0.2, -0.15) is 0 Å². The highest BCUT2D eigenvalue weighted by Gasteiger charge is 2.48. The van der Waals surface area contributed by atoms with Crippen LogP contribution in [0.1, 0.15) is 36.1 Å². The van der Waals surface area contributed by atoms with Gasteiger partial charge in [-0.3, -0.25) is 9.36 Å². The van der Waals surface area contributed by atoms with Crippen LogP contribution in [0.3, 0.4) is 0 Å². The quantitative estimate of drug-likeness (QED) is 0.288. The first-order valence-electron chi connectivity index (χ1n) is 11.2. The number of methoxy groups -OCH3 is 1. The first kappa shape index (κ1) is 25.0. The second-order valence-electron chi connectivity index (χ2n) is 8.36. The van der Waals surface area contributed by atoms with Gasteiger partial charge in [0.05, 0.1) is 18.1 Å². The lowest BCUT2D eigenvalue weighted by Crippen LogP contribution is -2.55. The monoisotopic (exact) mass is 501 g/mol. The van der Waals surface area contributed by atoms with Gasteiger partial charge in [-0.15, -0.1) is 0 Å². The Kier molecular flexibility index (Phi) is 7.96. The number of aliphatic hydroxyl groups excluding tert-OH is 1. The molecule has 0 aromatic heterocycles. The summed E-state index contributed by atoms with van der Waals surface area (Å²) in [6.45, 7) is 0. The zero-order chi connectivity index (χ0) is 24.9. The topological polar surface area (TPSA) is 76.1 Å². The van der Waals surface area contributed by atoms with Gasteiger partial charge in [-0.25, -0.2) is 8.78 Å². The number of carbonyl (C=O) groups excluding carboxylic acids is 1. The minimum Gasteiger partial charge on any atom is -0.443 e. The van der Waals surface area contributed by atoms with Gasteiger partial charge in [0, 0.05) is 12.8 Å². The minimum atomic E-state index is -2.36. The van der Waals surface area contributed by atoms with E-state index in [-0.39, 0.29) is 24.1 Å². The molecular formula is C26H26F2NO5P. The van der Waals surface area contributed by atoms with Crippen molar-refractivity contribution in [2.75, 3.05) is 18.4 Å². The Morgan fingerprint density at radius 3 is 2.17 bits per heavy atom. The molecule has 35 heavy (non-hydrogen) atoms. The van der Waals surface area contributed by atoms with Gasteiger partial charge >= 0.3 is 0 Å². The molecule has 9 heteroatoms. The molecule has 3 aromatic carbocycles. The largest absolute Gasteiger partial charge is 0.443 e. The van der Waals surface area contributed by atoms with Crippen LogP contribution in [0.15, 0.2) is 72.8 Å². The van der Waals surface area contributed by atoms with E-state index in [1.807, 2.05) is 0 Å². The first-order chi connectivity index (χ1) is 16.9. The molecule has 1 unspecified atom stereocenters. The van der Waals surface area contributed by atoms with Gasteiger partial charge in [0.15, 0.2) is 0 Å². The number of aliphatic hydroxyl groups is 1. The average molecular weight is 501 g/mol. The number of amides is 1. The van der Waals surface area contributed by atoms with Crippen molar-refractivity contribution >= 4 is 19.6 Å². The zero-order valence-corrected chi connectivity index (χ0v) is 20.1. The van der Waals surface area contributed by atoms with E-state index in [1.165, 1.54) is 43.5 Å². The number of hydrogen-bond acceptors (Lipinski definition) is 5. The summed E-state index contributed by atoms with van der Waals surface area (Å²) >= 11 is 0. The molecule has 0 aliphatic carbocycles. The predicted octanol–water partition coefficient (Wildman–Crippen LogP) is 5.64. The number of anilines is 1. The molecule has 1 aliphatic rings. The van der Waals surface area contributed by atoms with Crippen LogP contribution in [-0.2, 0) is 14.1 Å². The normalized spacial score (nSPS) is 19.2. The molecule has 0 bridgehead atoms. The molecule has 3 aromatic rings. The second kappa shape index (κ2) is 11.1. The first-order valence-corrected chi connectivity index (χ1v) is 12.7. The molecular weight excluding hydrogens is 475 g/mol. The third kappa shape index (κ3) is 5.78. The van der Waals surface area contributed by atoms with Crippen molar-refractivity contribution in [3.8, 4) is 5.75 Å². The molecule has 1 fully saturated rings. The maximum Gasteiger partial charge on any atom is 0.261 e. The Labute approximate surface area is 203 Å². The molecule has 4 atom stereocenters. The lowest BCUT2D eigenvalue weighted by atomic mass is 9.78.